The highest BCUT2D eigenvalue weighted by atomic mass is 35.5. The van der Waals surface area contributed by atoms with Crippen LogP contribution in [0.15, 0.2) is 48.5 Å². The zero-order valence-corrected chi connectivity index (χ0v) is 14.0. The van der Waals surface area contributed by atoms with E-state index in [1.807, 2.05) is 24.3 Å². The van der Waals surface area contributed by atoms with Crippen molar-refractivity contribution in [2.45, 2.75) is 18.3 Å². The van der Waals surface area contributed by atoms with Crippen LogP contribution in [-0.2, 0) is 10.2 Å². The van der Waals surface area contributed by atoms with Crippen molar-refractivity contribution in [1.82, 2.24) is 5.32 Å². The summed E-state index contributed by atoms with van der Waals surface area (Å²) in [5.74, 6) is -0.0168. The molecule has 1 aliphatic rings. The minimum atomic E-state index is -0.455. The molecule has 0 atom stereocenters. The second-order valence-electron chi connectivity index (χ2n) is 5.82. The zero-order valence-electron chi connectivity index (χ0n) is 13.2. The Hall–Kier alpha value is -2.53. The van der Waals surface area contributed by atoms with Gasteiger partial charge in [-0.2, -0.15) is 0 Å². The van der Waals surface area contributed by atoms with E-state index in [9.17, 15) is 9.59 Å². The first-order chi connectivity index (χ1) is 11.5. The van der Waals surface area contributed by atoms with Crippen LogP contribution in [0.4, 0.5) is 16.2 Å². The normalized spacial score (nSPS) is 14.6. The third-order valence-corrected chi connectivity index (χ3v) is 4.46. The molecule has 0 radical (unpaired) electrons. The van der Waals surface area contributed by atoms with Crippen LogP contribution in [0.1, 0.15) is 18.4 Å². The van der Waals surface area contributed by atoms with Crippen molar-refractivity contribution in [2.75, 3.05) is 17.7 Å². The highest BCUT2D eigenvalue weighted by Crippen LogP contribution is 2.49. The fourth-order valence-electron chi connectivity index (χ4n) is 2.62. The molecule has 2 aromatic rings. The highest BCUT2D eigenvalue weighted by Gasteiger charge is 2.51. The van der Waals surface area contributed by atoms with Gasteiger partial charge in [0, 0.05) is 23.4 Å². The first kappa shape index (κ1) is 16.3. The lowest BCUT2D eigenvalue weighted by molar-refractivity contribution is -0.118. The van der Waals surface area contributed by atoms with Crippen LogP contribution >= 0.6 is 11.6 Å². The second kappa shape index (κ2) is 6.53. The molecule has 0 aliphatic heterocycles. The Morgan fingerprint density at radius 1 is 0.917 bits per heavy atom. The first-order valence-electron chi connectivity index (χ1n) is 7.70. The van der Waals surface area contributed by atoms with Crippen molar-refractivity contribution in [2.24, 2.45) is 0 Å². The first-order valence-corrected chi connectivity index (χ1v) is 8.08. The summed E-state index contributed by atoms with van der Waals surface area (Å²) in [7, 11) is 1.55. The molecule has 0 unspecified atom stereocenters. The van der Waals surface area contributed by atoms with Crippen molar-refractivity contribution in [3.8, 4) is 0 Å². The molecule has 3 amide bonds. The van der Waals surface area contributed by atoms with Crippen LogP contribution in [0.2, 0.25) is 5.02 Å². The Balaban J connectivity index is 1.68. The minimum Gasteiger partial charge on any atom is -0.341 e. The van der Waals surface area contributed by atoms with Crippen molar-refractivity contribution in [1.29, 1.82) is 0 Å². The third-order valence-electron chi connectivity index (χ3n) is 4.21. The number of carbonyl (C=O) groups excluding carboxylic acids is 2. The number of amides is 3. The number of rotatable bonds is 4. The fraction of sp³-hybridized carbons (Fsp3) is 0.222. The second-order valence-corrected chi connectivity index (χ2v) is 6.26. The van der Waals surface area contributed by atoms with Gasteiger partial charge in [0.1, 0.15) is 0 Å². The van der Waals surface area contributed by atoms with Crippen LogP contribution in [0, 0.1) is 0 Å². The van der Waals surface area contributed by atoms with Gasteiger partial charge < -0.3 is 16.0 Å². The van der Waals surface area contributed by atoms with Crippen molar-refractivity contribution >= 4 is 34.9 Å². The molecule has 5 nitrogen and oxygen atoms in total. The lowest BCUT2D eigenvalue weighted by Crippen LogP contribution is -2.27. The number of anilines is 2. The molecule has 0 heterocycles. The van der Waals surface area contributed by atoms with E-state index < -0.39 is 5.41 Å². The maximum absolute atomic E-state index is 12.7. The Labute approximate surface area is 145 Å². The van der Waals surface area contributed by atoms with Gasteiger partial charge in [0.2, 0.25) is 5.91 Å². The molecule has 3 N–H and O–H groups in total. The van der Waals surface area contributed by atoms with Gasteiger partial charge in [-0.15, -0.1) is 0 Å². The Morgan fingerprint density at radius 2 is 1.46 bits per heavy atom. The molecule has 0 bridgehead atoms. The van der Waals surface area contributed by atoms with Crippen molar-refractivity contribution < 1.29 is 9.59 Å². The number of carbonyl (C=O) groups is 2. The molecule has 124 valence electrons. The van der Waals surface area contributed by atoms with Crippen molar-refractivity contribution in [3.05, 3.63) is 59.1 Å². The summed E-state index contributed by atoms with van der Waals surface area (Å²) < 4.78 is 0. The van der Waals surface area contributed by atoms with Crippen molar-refractivity contribution in [3.63, 3.8) is 0 Å². The largest absolute Gasteiger partial charge is 0.341 e. The molecular weight excluding hydrogens is 326 g/mol. The van der Waals surface area contributed by atoms with Gasteiger partial charge in [0.05, 0.1) is 5.41 Å². The van der Waals surface area contributed by atoms with Crippen LogP contribution < -0.4 is 16.0 Å². The fourth-order valence-corrected chi connectivity index (χ4v) is 2.75. The van der Waals surface area contributed by atoms with Crippen LogP contribution in [0.3, 0.4) is 0 Å². The molecule has 24 heavy (non-hydrogen) atoms. The summed E-state index contributed by atoms with van der Waals surface area (Å²) in [5, 5.41) is 8.77. The Kier molecular flexibility index (Phi) is 4.44. The molecule has 1 saturated carbocycles. The monoisotopic (exact) mass is 343 g/mol. The topological polar surface area (TPSA) is 70.2 Å². The molecule has 1 fully saturated rings. The summed E-state index contributed by atoms with van der Waals surface area (Å²) in [6.45, 7) is 0. The van der Waals surface area contributed by atoms with Gasteiger partial charge in [-0.25, -0.2) is 4.79 Å². The van der Waals surface area contributed by atoms with E-state index in [-0.39, 0.29) is 11.9 Å². The standard InChI is InChI=1S/C18H18ClN3O2/c1-20-17(24)22-15-8-6-14(7-9-15)21-16(23)18(10-11-18)12-2-4-13(19)5-3-12/h2-9H,10-11H2,1H3,(H,21,23)(H2,20,22,24). The third kappa shape index (κ3) is 3.36. The quantitative estimate of drug-likeness (QED) is 0.791. The molecule has 2 aromatic carbocycles. The predicted molar refractivity (Wildman–Crippen MR) is 95.5 cm³/mol. The molecule has 6 heteroatoms. The Bertz CT molecular complexity index is 753. The summed E-state index contributed by atoms with van der Waals surface area (Å²) in [6.07, 6.45) is 1.66. The minimum absolute atomic E-state index is 0.0168. The lowest BCUT2D eigenvalue weighted by Gasteiger charge is -2.16. The lowest BCUT2D eigenvalue weighted by atomic mass is 9.95. The zero-order chi connectivity index (χ0) is 17.2. The smallest absolute Gasteiger partial charge is 0.318 e. The van der Waals surface area contributed by atoms with Crippen LogP contribution in [0.25, 0.3) is 0 Å². The van der Waals surface area contributed by atoms with E-state index in [0.29, 0.717) is 16.4 Å². The summed E-state index contributed by atoms with van der Waals surface area (Å²) in [6, 6.07) is 14.2. The number of nitrogens with one attached hydrogen (secondary N) is 3. The number of urea groups is 1. The molecular formula is C18H18ClN3O2. The van der Waals surface area contributed by atoms with E-state index in [4.69, 9.17) is 11.6 Å². The van der Waals surface area contributed by atoms with Gasteiger partial charge in [-0.3, -0.25) is 4.79 Å². The van der Waals surface area contributed by atoms with Gasteiger partial charge in [0.15, 0.2) is 0 Å². The van der Waals surface area contributed by atoms with Gasteiger partial charge in [0.25, 0.3) is 0 Å². The SMILES string of the molecule is CNC(=O)Nc1ccc(NC(=O)C2(c3ccc(Cl)cc3)CC2)cc1. The summed E-state index contributed by atoms with van der Waals surface area (Å²) >= 11 is 5.92. The summed E-state index contributed by atoms with van der Waals surface area (Å²) in [5.41, 5.74) is 1.89. The predicted octanol–water partition coefficient (Wildman–Crippen LogP) is 3.76. The highest BCUT2D eigenvalue weighted by molar-refractivity contribution is 6.30. The maximum atomic E-state index is 12.7. The Morgan fingerprint density at radius 3 is 1.96 bits per heavy atom. The van der Waals surface area contributed by atoms with E-state index in [0.717, 1.165) is 18.4 Å². The molecule has 0 saturated heterocycles. The van der Waals surface area contributed by atoms with Gasteiger partial charge in [-0.1, -0.05) is 23.7 Å². The van der Waals surface area contributed by atoms with E-state index in [1.54, 1.807) is 31.3 Å². The average Bonchev–Trinajstić information content (AvgIpc) is 3.39. The van der Waals surface area contributed by atoms with Gasteiger partial charge >= 0.3 is 6.03 Å². The van der Waals surface area contributed by atoms with E-state index in [2.05, 4.69) is 16.0 Å². The van der Waals surface area contributed by atoms with Gasteiger partial charge in [-0.05, 0) is 54.8 Å². The number of halogens is 1. The summed E-state index contributed by atoms with van der Waals surface area (Å²) in [4.78, 5) is 23.9. The van der Waals surface area contributed by atoms with Crippen LogP contribution in [-0.4, -0.2) is 19.0 Å². The molecule has 0 spiro atoms. The van der Waals surface area contributed by atoms with E-state index in [1.165, 1.54) is 0 Å². The molecule has 1 aliphatic carbocycles. The number of hydrogen-bond acceptors (Lipinski definition) is 2. The maximum Gasteiger partial charge on any atom is 0.318 e. The average molecular weight is 344 g/mol. The molecule has 0 aromatic heterocycles. The number of benzene rings is 2. The van der Waals surface area contributed by atoms with Crippen LogP contribution in [0.5, 0.6) is 0 Å². The number of hydrogen-bond donors (Lipinski definition) is 3. The van der Waals surface area contributed by atoms with E-state index >= 15 is 0 Å². The molecule has 3 rings (SSSR count).